The van der Waals surface area contributed by atoms with E-state index < -0.39 is 0 Å². The lowest BCUT2D eigenvalue weighted by atomic mass is 9.93. The normalized spacial score (nSPS) is 20.4. The predicted octanol–water partition coefficient (Wildman–Crippen LogP) is 2.49. The average molecular weight is 394 g/mol. The Labute approximate surface area is 168 Å². The number of benzene rings is 1. The first-order chi connectivity index (χ1) is 12.7. The Morgan fingerprint density at radius 2 is 1.78 bits per heavy atom. The molecule has 0 aliphatic carbocycles. The second-order valence-corrected chi connectivity index (χ2v) is 7.57. The number of hydrogen-bond donors (Lipinski definition) is 1. The van der Waals surface area contributed by atoms with Crippen molar-refractivity contribution in [3.8, 4) is 0 Å². The van der Waals surface area contributed by atoms with E-state index in [1.54, 1.807) is 0 Å². The van der Waals surface area contributed by atoms with Crippen LogP contribution in [0.2, 0.25) is 0 Å². The fourth-order valence-corrected chi connectivity index (χ4v) is 4.20. The van der Waals surface area contributed by atoms with Crippen LogP contribution in [-0.2, 0) is 16.0 Å². The number of nitrogens with one attached hydrogen (secondary N) is 1. The van der Waals surface area contributed by atoms with Gasteiger partial charge in [-0.25, -0.2) is 0 Å². The van der Waals surface area contributed by atoms with Crippen molar-refractivity contribution >= 4 is 24.2 Å². The maximum absolute atomic E-state index is 13.0. The lowest BCUT2D eigenvalue weighted by Crippen LogP contribution is -2.50. The van der Waals surface area contributed by atoms with Gasteiger partial charge < -0.3 is 15.1 Å². The van der Waals surface area contributed by atoms with Gasteiger partial charge in [-0.15, -0.1) is 12.4 Å². The first-order valence-electron chi connectivity index (χ1n) is 9.96. The van der Waals surface area contributed by atoms with Gasteiger partial charge in [-0.05, 0) is 57.2 Å². The summed E-state index contributed by atoms with van der Waals surface area (Å²) in [5, 5.41) is 3.21. The van der Waals surface area contributed by atoms with Crippen LogP contribution in [0.4, 0.5) is 0 Å². The van der Waals surface area contributed by atoms with Crippen molar-refractivity contribution in [3.63, 3.8) is 0 Å². The zero-order valence-electron chi connectivity index (χ0n) is 16.2. The highest BCUT2D eigenvalue weighted by Crippen LogP contribution is 2.25. The topological polar surface area (TPSA) is 52.7 Å². The molecule has 3 rings (SSSR count). The molecule has 1 N–H and O–H groups in total. The number of nitrogens with zero attached hydrogens (tertiary/aromatic N) is 2. The van der Waals surface area contributed by atoms with Gasteiger partial charge in [0, 0.05) is 19.6 Å². The third-order valence-electron chi connectivity index (χ3n) is 5.79. The van der Waals surface area contributed by atoms with Gasteiger partial charge in [0.05, 0.1) is 6.42 Å². The zero-order chi connectivity index (χ0) is 18.4. The first kappa shape index (κ1) is 21.7. The standard InChI is InChI=1S/C21H31N3O2.ClH/c1-22-12-9-17-10-14-23(15-11-17)21(26)19-8-5-13-24(19)20(25)16-18-6-3-2-4-7-18;/h2-4,6-7,17,19,22H,5,8-16H2,1H3;1H. The molecular weight excluding hydrogens is 362 g/mol. The van der Waals surface area contributed by atoms with Crippen LogP contribution in [0.3, 0.4) is 0 Å². The summed E-state index contributed by atoms with van der Waals surface area (Å²) in [4.78, 5) is 29.6. The molecule has 5 nitrogen and oxygen atoms in total. The Hall–Kier alpha value is -1.59. The predicted molar refractivity (Wildman–Crippen MR) is 110 cm³/mol. The summed E-state index contributed by atoms with van der Waals surface area (Å²) in [5.74, 6) is 0.956. The second-order valence-electron chi connectivity index (χ2n) is 7.57. The van der Waals surface area contributed by atoms with Crippen molar-refractivity contribution in [1.82, 2.24) is 15.1 Å². The minimum Gasteiger partial charge on any atom is -0.341 e. The SMILES string of the molecule is CNCCC1CCN(C(=O)C2CCCN2C(=O)Cc2ccccc2)CC1.Cl. The van der Waals surface area contributed by atoms with Crippen LogP contribution in [0.1, 0.15) is 37.7 Å². The molecular formula is C21H32ClN3O2. The fraction of sp³-hybridized carbons (Fsp3) is 0.619. The molecule has 0 saturated carbocycles. The number of hydrogen-bond acceptors (Lipinski definition) is 3. The summed E-state index contributed by atoms with van der Waals surface area (Å²) < 4.78 is 0. The number of likely N-dealkylation sites (tertiary alicyclic amines) is 2. The molecule has 2 aliphatic heterocycles. The molecule has 0 spiro atoms. The van der Waals surface area contributed by atoms with E-state index in [1.807, 2.05) is 47.2 Å². The quantitative estimate of drug-likeness (QED) is 0.807. The van der Waals surface area contributed by atoms with E-state index in [9.17, 15) is 9.59 Å². The number of halogens is 1. The highest BCUT2D eigenvalue weighted by molar-refractivity contribution is 5.89. The maximum atomic E-state index is 13.0. The minimum atomic E-state index is -0.250. The molecule has 2 aliphatic rings. The van der Waals surface area contributed by atoms with Crippen LogP contribution in [0.25, 0.3) is 0 Å². The largest absolute Gasteiger partial charge is 0.341 e. The van der Waals surface area contributed by atoms with E-state index in [-0.39, 0.29) is 30.3 Å². The van der Waals surface area contributed by atoms with E-state index in [4.69, 9.17) is 0 Å². The minimum absolute atomic E-state index is 0. The lowest BCUT2D eigenvalue weighted by molar-refractivity contribution is -0.144. The molecule has 0 aromatic heterocycles. The van der Waals surface area contributed by atoms with Crippen molar-refractivity contribution in [1.29, 1.82) is 0 Å². The van der Waals surface area contributed by atoms with Crippen LogP contribution in [-0.4, -0.2) is 60.9 Å². The smallest absolute Gasteiger partial charge is 0.245 e. The van der Waals surface area contributed by atoms with Crippen LogP contribution < -0.4 is 5.32 Å². The monoisotopic (exact) mass is 393 g/mol. The van der Waals surface area contributed by atoms with E-state index in [1.165, 1.54) is 6.42 Å². The maximum Gasteiger partial charge on any atom is 0.245 e. The molecule has 2 fully saturated rings. The molecule has 2 heterocycles. The summed E-state index contributed by atoms with van der Waals surface area (Å²) in [6.45, 7) is 3.43. The molecule has 1 unspecified atom stereocenters. The molecule has 1 atom stereocenters. The van der Waals surface area contributed by atoms with Crippen molar-refractivity contribution < 1.29 is 9.59 Å². The van der Waals surface area contributed by atoms with E-state index >= 15 is 0 Å². The molecule has 2 saturated heterocycles. The number of carbonyl (C=O) groups excluding carboxylic acids is 2. The molecule has 1 aromatic carbocycles. The summed E-state index contributed by atoms with van der Waals surface area (Å²) in [7, 11) is 1.99. The Bertz CT molecular complexity index is 603. The van der Waals surface area contributed by atoms with Crippen molar-refractivity contribution in [2.75, 3.05) is 33.2 Å². The van der Waals surface area contributed by atoms with Gasteiger partial charge in [-0.1, -0.05) is 30.3 Å². The van der Waals surface area contributed by atoms with Gasteiger partial charge in [0.2, 0.25) is 11.8 Å². The molecule has 0 bridgehead atoms. The van der Waals surface area contributed by atoms with Gasteiger partial charge in [0.15, 0.2) is 0 Å². The van der Waals surface area contributed by atoms with Crippen LogP contribution in [0.15, 0.2) is 30.3 Å². The van der Waals surface area contributed by atoms with Crippen molar-refractivity contribution in [3.05, 3.63) is 35.9 Å². The Kier molecular flexibility index (Phi) is 8.58. The summed E-state index contributed by atoms with van der Waals surface area (Å²) in [5.41, 5.74) is 1.01. The second kappa shape index (κ2) is 10.7. The Balaban J connectivity index is 0.00000261. The molecule has 27 heavy (non-hydrogen) atoms. The lowest BCUT2D eigenvalue weighted by Gasteiger charge is -2.35. The molecule has 150 valence electrons. The zero-order valence-corrected chi connectivity index (χ0v) is 17.0. The van der Waals surface area contributed by atoms with E-state index in [0.717, 1.165) is 50.9 Å². The highest BCUT2D eigenvalue weighted by Gasteiger charge is 2.37. The van der Waals surface area contributed by atoms with E-state index in [0.29, 0.717) is 18.9 Å². The number of piperidine rings is 1. The van der Waals surface area contributed by atoms with Crippen LogP contribution in [0, 0.1) is 5.92 Å². The van der Waals surface area contributed by atoms with Crippen molar-refractivity contribution in [2.45, 2.75) is 44.6 Å². The van der Waals surface area contributed by atoms with Crippen LogP contribution in [0.5, 0.6) is 0 Å². The Morgan fingerprint density at radius 3 is 2.44 bits per heavy atom. The number of carbonyl (C=O) groups is 2. The number of amides is 2. The highest BCUT2D eigenvalue weighted by atomic mass is 35.5. The van der Waals surface area contributed by atoms with Gasteiger partial charge in [-0.3, -0.25) is 9.59 Å². The molecule has 6 heteroatoms. The molecule has 0 radical (unpaired) electrons. The summed E-state index contributed by atoms with van der Waals surface area (Å²) in [6.07, 6.45) is 5.46. The average Bonchev–Trinajstić information content (AvgIpc) is 3.17. The van der Waals surface area contributed by atoms with Crippen LogP contribution >= 0.6 is 12.4 Å². The van der Waals surface area contributed by atoms with Gasteiger partial charge >= 0.3 is 0 Å². The molecule has 1 aromatic rings. The van der Waals surface area contributed by atoms with Gasteiger partial charge in [0.25, 0.3) is 0 Å². The fourth-order valence-electron chi connectivity index (χ4n) is 4.20. The summed E-state index contributed by atoms with van der Waals surface area (Å²) in [6, 6.07) is 9.55. The first-order valence-corrected chi connectivity index (χ1v) is 9.96. The van der Waals surface area contributed by atoms with Gasteiger partial charge in [-0.2, -0.15) is 0 Å². The van der Waals surface area contributed by atoms with Crippen molar-refractivity contribution in [2.24, 2.45) is 5.92 Å². The number of rotatable bonds is 6. The van der Waals surface area contributed by atoms with Gasteiger partial charge in [0.1, 0.15) is 6.04 Å². The third kappa shape index (κ3) is 5.69. The molecule has 2 amide bonds. The van der Waals surface area contributed by atoms with E-state index in [2.05, 4.69) is 5.32 Å². The Morgan fingerprint density at radius 1 is 1.07 bits per heavy atom. The third-order valence-corrected chi connectivity index (χ3v) is 5.79. The summed E-state index contributed by atoms with van der Waals surface area (Å²) >= 11 is 0.